The lowest BCUT2D eigenvalue weighted by atomic mass is 9.49. The van der Waals surface area contributed by atoms with Crippen LogP contribution in [0, 0.1) is 34.5 Å². The first kappa shape index (κ1) is 24.9. The number of allylic oxidation sites excluding steroid dienone is 3. The second-order valence-corrected chi connectivity index (χ2v) is 12.7. The Labute approximate surface area is 199 Å². The zero-order chi connectivity index (χ0) is 24.2. The Morgan fingerprint density at radius 1 is 1.21 bits per heavy atom. The van der Waals surface area contributed by atoms with E-state index in [-0.39, 0.29) is 22.9 Å². The normalized spacial score (nSPS) is 41.3. The second-order valence-electron chi connectivity index (χ2n) is 12.7. The molecule has 4 aliphatic rings. The summed E-state index contributed by atoms with van der Waals surface area (Å²) in [5, 5.41) is 0. The van der Waals surface area contributed by atoms with Crippen LogP contribution >= 0.6 is 0 Å². The zero-order valence-corrected chi connectivity index (χ0v) is 21.6. The van der Waals surface area contributed by atoms with E-state index < -0.39 is 11.8 Å². The molecule has 0 amide bonds. The van der Waals surface area contributed by atoms with Gasteiger partial charge >= 0.3 is 5.97 Å². The summed E-state index contributed by atoms with van der Waals surface area (Å²) in [5.74, 6) is 1.82. The topological polar surface area (TPSA) is 26.3 Å². The van der Waals surface area contributed by atoms with Gasteiger partial charge in [0.25, 0.3) is 0 Å². The third-order valence-electron chi connectivity index (χ3n) is 10.1. The van der Waals surface area contributed by atoms with Crippen LogP contribution < -0.4 is 0 Å². The molecule has 0 spiro atoms. The number of esters is 1. The van der Waals surface area contributed by atoms with Crippen LogP contribution in [0.5, 0.6) is 0 Å². The van der Waals surface area contributed by atoms with E-state index in [0.717, 1.165) is 31.3 Å². The summed E-state index contributed by atoms with van der Waals surface area (Å²) in [5.41, 5.74) is 1.54. The molecule has 186 valence electrons. The first-order chi connectivity index (χ1) is 15.4. The van der Waals surface area contributed by atoms with E-state index in [2.05, 4.69) is 32.9 Å². The molecule has 0 aromatic carbocycles. The fourth-order valence-corrected chi connectivity index (χ4v) is 8.38. The minimum absolute atomic E-state index is 0.267. The van der Waals surface area contributed by atoms with Crippen molar-refractivity contribution in [2.45, 2.75) is 117 Å². The Morgan fingerprint density at radius 3 is 2.61 bits per heavy atom. The van der Waals surface area contributed by atoms with Crippen LogP contribution in [0.15, 0.2) is 23.3 Å². The number of carbonyl (C=O) groups is 1. The summed E-state index contributed by atoms with van der Waals surface area (Å²) < 4.78 is 34.3. The van der Waals surface area contributed by atoms with Crippen LogP contribution in [0.3, 0.4) is 0 Å². The van der Waals surface area contributed by atoms with E-state index >= 15 is 0 Å². The molecule has 2 nitrogen and oxygen atoms in total. The quantitative estimate of drug-likeness (QED) is 0.375. The molecule has 4 aliphatic carbocycles. The minimum atomic E-state index is -1.08. The van der Waals surface area contributed by atoms with E-state index in [0.29, 0.717) is 42.9 Å². The molecule has 0 radical (unpaired) electrons. The summed E-state index contributed by atoms with van der Waals surface area (Å²) in [6.07, 6.45) is 11.3. The fourth-order valence-electron chi connectivity index (χ4n) is 8.38. The standard InChI is InChI=1S/C29H44F2O2/c1-18(8-7-14-27(3,4)31)23-11-12-24-22-10-9-20-16-21(30)17-26(33-19(2)32)29(20,6)25(22)13-15-28(23,24)5/h9-10,18,21,23-26H,7-8,11-17H2,1-6H3/t18-,21-,23-,24+,25+,26+,28-,29+/m1/s1. The summed E-state index contributed by atoms with van der Waals surface area (Å²) in [6, 6.07) is 0. The lowest BCUT2D eigenvalue weighted by Gasteiger charge is -2.56. The maximum Gasteiger partial charge on any atom is 0.302 e. The predicted octanol–water partition coefficient (Wildman–Crippen LogP) is 7.92. The molecule has 3 fully saturated rings. The number of rotatable bonds is 6. The van der Waals surface area contributed by atoms with Gasteiger partial charge in [-0.15, -0.1) is 0 Å². The maximum atomic E-state index is 14.6. The van der Waals surface area contributed by atoms with Crippen LogP contribution in [0.1, 0.15) is 99.3 Å². The van der Waals surface area contributed by atoms with E-state index in [1.807, 2.05) is 0 Å². The number of hydrogen-bond acceptors (Lipinski definition) is 2. The number of alkyl halides is 2. The molecule has 0 heterocycles. The van der Waals surface area contributed by atoms with Crippen molar-refractivity contribution in [1.82, 2.24) is 0 Å². The lowest BCUT2D eigenvalue weighted by Crippen LogP contribution is -2.53. The highest BCUT2D eigenvalue weighted by Gasteiger charge is 2.59. The average molecular weight is 463 g/mol. The second kappa shape index (κ2) is 8.79. The smallest absolute Gasteiger partial charge is 0.302 e. The van der Waals surface area contributed by atoms with Crippen molar-refractivity contribution in [3.8, 4) is 0 Å². The van der Waals surface area contributed by atoms with Gasteiger partial charge in [-0.3, -0.25) is 4.79 Å². The Hall–Kier alpha value is -1.19. The summed E-state index contributed by atoms with van der Waals surface area (Å²) in [4.78, 5) is 11.9. The van der Waals surface area contributed by atoms with Gasteiger partial charge in [-0.25, -0.2) is 8.78 Å². The molecule has 4 rings (SSSR count). The molecule has 3 saturated carbocycles. The molecule has 0 saturated heterocycles. The van der Waals surface area contributed by atoms with Crippen molar-refractivity contribution < 1.29 is 18.3 Å². The van der Waals surface area contributed by atoms with Crippen LogP contribution in [0.4, 0.5) is 8.78 Å². The van der Waals surface area contributed by atoms with Gasteiger partial charge < -0.3 is 4.74 Å². The molecule has 0 aromatic heterocycles. The van der Waals surface area contributed by atoms with Gasteiger partial charge in [0.2, 0.25) is 0 Å². The highest BCUT2D eigenvalue weighted by atomic mass is 19.1. The van der Waals surface area contributed by atoms with E-state index in [4.69, 9.17) is 4.74 Å². The van der Waals surface area contributed by atoms with Crippen LogP contribution in [0.2, 0.25) is 0 Å². The highest BCUT2D eigenvalue weighted by Crippen LogP contribution is 2.66. The van der Waals surface area contributed by atoms with E-state index in [1.165, 1.54) is 25.3 Å². The van der Waals surface area contributed by atoms with Crippen molar-refractivity contribution in [1.29, 1.82) is 0 Å². The van der Waals surface area contributed by atoms with Crippen LogP contribution in [-0.2, 0) is 9.53 Å². The Balaban J connectivity index is 1.56. The van der Waals surface area contributed by atoms with Crippen molar-refractivity contribution >= 4 is 5.97 Å². The van der Waals surface area contributed by atoms with Gasteiger partial charge in [0, 0.05) is 25.2 Å². The monoisotopic (exact) mass is 462 g/mol. The van der Waals surface area contributed by atoms with Crippen molar-refractivity contribution in [2.24, 2.45) is 34.5 Å². The largest absolute Gasteiger partial charge is 0.461 e. The van der Waals surface area contributed by atoms with Crippen LogP contribution in [-0.4, -0.2) is 23.9 Å². The summed E-state index contributed by atoms with van der Waals surface area (Å²) in [7, 11) is 0. The van der Waals surface area contributed by atoms with Crippen molar-refractivity contribution in [2.75, 3.05) is 0 Å². The minimum Gasteiger partial charge on any atom is -0.461 e. The molecule has 0 N–H and O–H groups in total. The molecule has 0 aromatic rings. The molecular formula is C29H44F2O2. The molecule has 0 bridgehead atoms. The number of hydrogen-bond donors (Lipinski definition) is 0. The average Bonchev–Trinajstić information content (AvgIpc) is 3.05. The first-order valence-corrected chi connectivity index (χ1v) is 13.3. The SMILES string of the molecule is CC(=O)O[C@H]1C[C@H](F)CC2=CC=C3[C@@H]4CC[C@H]([C@H](C)CCCC(C)(C)F)[C@@]4(C)CC[C@@H]3[C@]21C. The van der Waals surface area contributed by atoms with Gasteiger partial charge in [-0.05, 0) is 75.0 Å². The van der Waals surface area contributed by atoms with Gasteiger partial charge in [-0.1, -0.05) is 56.9 Å². The Bertz CT molecular complexity index is 824. The molecule has 33 heavy (non-hydrogen) atoms. The maximum absolute atomic E-state index is 14.6. The van der Waals surface area contributed by atoms with Gasteiger partial charge in [0.05, 0.1) is 0 Å². The van der Waals surface area contributed by atoms with E-state index in [1.54, 1.807) is 13.8 Å². The molecule has 0 unspecified atom stereocenters. The van der Waals surface area contributed by atoms with Crippen molar-refractivity contribution in [3.05, 3.63) is 23.3 Å². The number of carbonyl (C=O) groups excluding carboxylic acids is 1. The van der Waals surface area contributed by atoms with E-state index in [9.17, 15) is 13.6 Å². The Kier molecular flexibility index (Phi) is 6.64. The lowest BCUT2D eigenvalue weighted by molar-refractivity contribution is -0.158. The predicted molar refractivity (Wildman–Crippen MR) is 129 cm³/mol. The molecule has 8 atom stereocenters. The third kappa shape index (κ3) is 4.45. The number of ether oxygens (including phenoxy) is 1. The van der Waals surface area contributed by atoms with Gasteiger partial charge in [-0.2, -0.15) is 0 Å². The number of fused-ring (bicyclic) bond motifs is 5. The van der Waals surface area contributed by atoms with Crippen molar-refractivity contribution in [3.63, 3.8) is 0 Å². The fraction of sp³-hybridized carbons (Fsp3) is 0.828. The molecule has 0 aliphatic heterocycles. The summed E-state index contributed by atoms with van der Waals surface area (Å²) >= 11 is 0. The highest BCUT2D eigenvalue weighted by molar-refractivity contribution is 5.66. The van der Waals surface area contributed by atoms with Gasteiger partial charge in [0.15, 0.2) is 0 Å². The molecule has 4 heteroatoms. The van der Waals surface area contributed by atoms with Gasteiger partial charge in [0.1, 0.15) is 17.9 Å². The molecular weight excluding hydrogens is 418 g/mol. The van der Waals surface area contributed by atoms with Crippen LogP contribution in [0.25, 0.3) is 0 Å². The zero-order valence-electron chi connectivity index (χ0n) is 21.6. The Morgan fingerprint density at radius 2 is 1.94 bits per heavy atom. The number of halogens is 2. The third-order valence-corrected chi connectivity index (χ3v) is 10.1. The first-order valence-electron chi connectivity index (χ1n) is 13.3. The summed E-state index contributed by atoms with van der Waals surface area (Å²) in [6.45, 7) is 11.9.